The normalized spacial score (nSPS) is 17.0. The number of piperidine rings is 1. The number of amides is 1. The number of thioether (sulfide) groups is 1. The van der Waals surface area contributed by atoms with E-state index in [1.165, 1.54) is 10.5 Å². The molecule has 0 aromatic heterocycles. The van der Waals surface area contributed by atoms with Crippen LogP contribution in [0.25, 0.3) is 0 Å². The van der Waals surface area contributed by atoms with Crippen molar-refractivity contribution in [2.24, 2.45) is 5.92 Å². The lowest BCUT2D eigenvalue weighted by atomic mass is 9.97. The van der Waals surface area contributed by atoms with Crippen molar-refractivity contribution >= 4 is 17.7 Å². The number of nitrogens with zero attached hydrogens (tertiary/aromatic N) is 1. The zero-order chi connectivity index (χ0) is 20.6. The molecule has 1 saturated heterocycles. The first kappa shape index (κ1) is 21.5. The average Bonchev–Trinajstić information content (AvgIpc) is 2.77. The highest BCUT2D eigenvalue weighted by Crippen LogP contribution is 2.23. The second-order valence-electron chi connectivity index (χ2n) is 7.40. The summed E-state index contributed by atoms with van der Waals surface area (Å²) in [7, 11) is 3.17. The molecule has 1 heterocycles. The maximum atomic E-state index is 12.6. The molecule has 1 atom stereocenters. The zero-order valence-electron chi connectivity index (χ0n) is 17.4. The molecular formula is C23H30N2O3S. The molecule has 1 fully saturated rings. The van der Waals surface area contributed by atoms with Gasteiger partial charge in [-0.15, -0.1) is 11.8 Å². The first-order valence-electron chi connectivity index (χ1n) is 9.98. The number of ether oxygens (including phenoxy) is 2. The molecule has 1 amide bonds. The van der Waals surface area contributed by atoms with Crippen LogP contribution in [-0.4, -0.2) is 50.9 Å². The van der Waals surface area contributed by atoms with Gasteiger partial charge in [-0.1, -0.05) is 12.1 Å². The first-order valence-corrected chi connectivity index (χ1v) is 11.2. The van der Waals surface area contributed by atoms with Gasteiger partial charge in [0.2, 0.25) is 0 Å². The van der Waals surface area contributed by atoms with E-state index in [0.717, 1.165) is 32.5 Å². The van der Waals surface area contributed by atoms with E-state index in [4.69, 9.17) is 9.47 Å². The molecule has 1 aliphatic rings. The van der Waals surface area contributed by atoms with Crippen LogP contribution < -0.4 is 14.8 Å². The first-order chi connectivity index (χ1) is 14.1. The average molecular weight is 415 g/mol. The minimum Gasteiger partial charge on any atom is -0.497 e. The van der Waals surface area contributed by atoms with Gasteiger partial charge in [-0.2, -0.15) is 0 Å². The number of benzene rings is 2. The molecule has 1 aliphatic heterocycles. The maximum absolute atomic E-state index is 12.6. The molecule has 29 heavy (non-hydrogen) atoms. The summed E-state index contributed by atoms with van der Waals surface area (Å²) >= 11 is 1.77. The minimum absolute atomic E-state index is 0.0908. The molecular weight excluding hydrogens is 384 g/mol. The van der Waals surface area contributed by atoms with E-state index in [9.17, 15) is 4.79 Å². The van der Waals surface area contributed by atoms with Gasteiger partial charge in [0.15, 0.2) is 0 Å². The number of likely N-dealkylation sites (tertiary alicyclic amines) is 1. The Bertz CT molecular complexity index is 788. The molecule has 2 aromatic rings. The van der Waals surface area contributed by atoms with E-state index < -0.39 is 0 Å². The standard InChI is InChI=1S/C23H30N2O3S/c1-27-20-11-19(12-21(13-20)28-2)23(26)24-14-18-5-4-10-25(16-18)15-17-6-8-22(29-3)9-7-17/h6-9,11-13,18H,4-5,10,14-16H2,1-3H3,(H,24,26)/t18-/m1/s1. The summed E-state index contributed by atoms with van der Waals surface area (Å²) in [4.78, 5) is 16.4. The van der Waals surface area contributed by atoms with Crippen LogP contribution in [0.3, 0.4) is 0 Å². The van der Waals surface area contributed by atoms with E-state index in [1.54, 1.807) is 44.2 Å². The van der Waals surface area contributed by atoms with E-state index in [2.05, 4.69) is 40.7 Å². The fraction of sp³-hybridized carbons (Fsp3) is 0.435. The third-order valence-corrected chi connectivity index (χ3v) is 6.08. The summed E-state index contributed by atoms with van der Waals surface area (Å²) in [6, 6.07) is 14.0. The third kappa shape index (κ3) is 6.15. The number of hydrogen-bond donors (Lipinski definition) is 1. The summed E-state index contributed by atoms with van der Waals surface area (Å²) in [5.74, 6) is 1.61. The second kappa shape index (κ2) is 10.6. The van der Waals surface area contributed by atoms with Crippen molar-refractivity contribution in [2.75, 3.05) is 40.1 Å². The van der Waals surface area contributed by atoms with E-state index >= 15 is 0 Å². The van der Waals surface area contributed by atoms with Crippen molar-refractivity contribution in [1.82, 2.24) is 10.2 Å². The predicted octanol–water partition coefficient (Wildman–Crippen LogP) is 4.07. The largest absolute Gasteiger partial charge is 0.497 e. The van der Waals surface area contributed by atoms with Gasteiger partial charge in [0.05, 0.1) is 14.2 Å². The quantitative estimate of drug-likeness (QED) is 0.660. The fourth-order valence-electron chi connectivity index (χ4n) is 3.73. The molecule has 156 valence electrons. The molecule has 5 nitrogen and oxygen atoms in total. The van der Waals surface area contributed by atoms with Gasteiger partial charge >= 0.3 is 0 Å². The summed E-state index contributed by atoms with van der Waals surface area (Å²) in [6.45, 7) is 3.76. The second-order valence-corrected chi connectivity index (χ2v) is 8.28. The van der Waals surface area contributed by atoms with Crippen LogP contribution >= 0.6 is 11.8 Å². The molecule has 0 spiro atoms. The van der Waals surface area contributed by atoms with Gasteiger partial charge < -0.3 is 14.8 Å². The lowest BCUT2D eigenvalue weighted by Gasteiger charge is -2.33. The van der Waals surface area contributed by atoms with Gasteiger partial charge in [-0.05, 0) is 61.4 Å². The number of carbonyl (C=O) groups excluding carboxylic acids is 1. The number of carbonyl (C=O) groups is 1. The van der Waals surface area contributed by atoms with Crippen molar-refractivity contribution in [1.29, 1.82) is 0 Å². The number of methoxy groups -OCH3 is 2. The Balaban J connectivity index is 1.53. The smallest absolute Gasteiger partial charge is 0.251 e. The van der Waals surface area contributed by atoms with Gasteiger partial charge in [-0.25, -0.2) is 0 Å². The molecule has 3 rings (SSSR count). The molecule has 0 unspecified atom stereocenters. The van der Waals surface area contributed by atoms with Crippen LogP contribution in [-0.2, 0) is 6.54 Å². The summed E-state index contributed by atoms with van der Waals surface area (Å²) in [5.41, 5.74) is 1.90. The Hall–Kier alpha value is -2.18. The van der Waals surface area contributed by atoms with Crippen molar-refractivity contribution in [3.8, 4) is 11.5 Å². The van der Waals surface area contributed by atoms with Gasteiger partial charge in [-0.3, -0.25) is 9.69 Å². The summed E-state index contributed by atoms with van der Waals surface area (Å²) in [6.07, 6.45) is 4.40. The van der Waals surface area contributed by atoms with Crippen molar-refractivity contribution < 1.29 is 14.3 Å². The number of rotatable bonds is 8. The lowest BCUT2D eigenvalue weighted by Crippen LogP contribution is -2.40. The van der Waals surface area contributed by atoms with Crippen LogP contribution in [0.4, 0.5) is 0 Å². The molecule has 0 radical (unpaired) electrons. The van der Waals surface area contributed by atoms with Crippen LogP contribution in [0.15, 0.2) is 47.4 Å². The van der Waals surface area contributed by atoms with Crippen LogP contribution in [0, 0.1) is 5.92 Å². The van der Waals surface area contributed by atoms with Crippen LogP contribution in [0.5, 0.6) is 11.5 Å². The van der Waals surface area contributed by atoms with Crippen molar-refractivity contribution in [3.05, 3.63) is 53.6 Å². The number of nitrogens with one attached hydrogen (secondary N) is 1. The number of hydrogen-bond acceptors (Lipinski definition) is 5. The van der Waals surface area contributed by atoms with E-state index in [-0.39, 0.29) is 5.91 Å². The van der Waals surface area contributed by atoms with Gasteiger partial charge in [0.1, 0.15) is 11.5 Å². The zero-order valence-corrected chi connectivity index (χ0v) is 18.3. The molecule has 0 aliphatic carbocycles. The molecule has 2 aromatic carbocycles. The Morgan fingerprint density at radius 2 is 1.83 bits per heavy atom. The summed E-state index contributed by atoms with van der Waals surface area (Å²) < 4.78 is 10.5. The van der Waals surface area contributed by atoms with Crippen LogP contribution in [0.1, 0.15) is 28.8 Å². The monoisotopic (exact) mass is 414 g/mol. The third-order valence-electron chi connectivity index (χ3n) is 5.33. The predicted molar refractivity (Wildman–Crippen MR) is 118 cm³/mol. The Labute approximate surface area is 177 Å². The van der Waals surface area contributed by atoms with Crippen molar-refractivity contribution in [2.45, 2.75) is 24.3 Å². The molecule has 0 bridgehead atoms. The van der Waals surface area contributed by atoms with E-state index in [0.29, 0.717) is 29.5 Å². The lowest BCUT2D eigenvalue weighted by molar-refractivity contribution is 0.0930. The maximum Gasteiger partial charge on any atom is 0.251 e. The fourth-order valence-corrected chi connectivity index (χ4v) is 4.14. The minimum atomic E-state index is -0.0908. The van der Waals surface area contributed by atoms with Gasteiger partial charge in [0, 0.05) is 36.2 Å². The van der Waals surface area contributed by atoms with Crippen LogP contribution in [0.2, 0.25) is 0 Å². The van der Waals surface area contributed by atoms with Gasteiger partial charge in [0.25, 0.3) is 5.91 Å². The molecule has 6 heteroatoms. The highest BCUT2D eigenvalue weighted by molar-refractivity contribution is 7.98. The Morgan fingerprint density at radius 1 is 1.14 bits per heavy atom. The summed E-state index contributed by atoms with van der Waals surface area (Å²) in [5, 5.41) is 3.09. The molecule has 1 N–H and O–H groups in total. The highest BCUT2D eigenvalue weighted by atomic mass is 32.2. The topological polar surface area (TPSA) is 50.8 Å². The van der Waals surface area contributed by atoms with E-state index in [1.807, 2.05) is 0 Å². The van der Waals surface area contributed by atoms with Crippen molar-refractivity contribution in [3.63, 3.8) is 0 Å². The highest BCUT2D eigenvalue weighted by Gasteiger charge is 2.21. The Morgan fingerprint density at radius 3 is 2.45 bits per heavy atom. The Kier molecular flexibility index (Phi) is 7.83. The SMILES string of the molecule is COc1cc(OC)cc(C(=O)NC[C@H]2CCCN(Cc3ccc(SC)cc3)C2)c1. The molecule has 0 saturated carbocycles.